The molecule has 4 heteroatoms. The fourth-order valence-corrected chi connectivity index (χ4v) is 3.58. The summed E-state index contributed by atoms with van der Waals surface area (Å²) in [6.07, 6.45) is 3.81. The molecule has 0 aliphatic heterocycles. The van der Waals surface area contributed by atoms with Crippen molar-refractivity contribution in [2.75, 3.05) is 6.54 Å². The highest BCUT2D eigenvalue weighted by Gasteiger charge is 2.27. The average Bonchev–Trinajstić information content (AvgIpc) is 2.58. The Hall–Kier alpha value is -1.84. The smallest absolute Gasteiger partial charge is 0.251 e. The summed E-state index contributed by atoms with van der Waals surface area (Å²) in [7, 11) is 0. The van der Waals surface area contributed by atoms with Crippen LogP contribution in [0.1, 0.15) is 76.2 Å². The maximum absolute atomic E-state index is 12.2. The van der Waals surface area contributed by atoms with E-state index < -0.39 is 0 Å². The molecule has 1 saturated carbocycles. The normalized spacial score (nSPS) is 23.3. The first-order valence-electron chi connectivity index (χ1n) is 9.86. The van der Waals surface area contributed by atoms with Gasteiger partial charge in [0, 0.05) is 24.6 Å². The van der Waals surface area contributed by atoms with Crippen molar-refractivity contribution in [2.24, 2.45) is 11.8 Å². The molecule has 4 nitrogen and oxygen atoms in total. The number of carbonyl (C=O) groups excluding carboxylic acids is 2. The molecule has 2 N–H and O–H groups in total. The molecule has 0 saturated heterocycles. The maximum Gasteiger partial charge on any atom is 0.251 e. The van der Waals surface area contributed by atoms with E-state index in [1.165, 1.54) is 18.4 Å². The van der Waals surface area contributed by atoms with Crippen LogP contribution in [0.2, 0.25) is 0 Å². The molecule has 0 spiro atoms. The fourth-order valence-electron chi connectivity index (χ4n) is 3.58. The third-order valence-electron chi connectivity index (χ3n) is 5.70. The first-order valence-corrected chi connectivity index (χ1v) is 9.86. The zero-order chi connectivity index (χ0) is 19.3. The van der Waals surface area contributed by atoms with Gasteiger partial charge in [-0.1, -0.05) is 59.6 Å². The predicted molar refractivity (Wildman–Crippen MR) is 106 cm³/mol. The fraction of sp³-hybridized carbons (Fsp3) is 0.636. The summed E-state index contributed by atoms with van der Waals surface area (Å²) >= 11 is 0. The van der Waals surface area contributed by atoms with Crippen LogP contribution in [0.15, 0.2) is 24.3 Å². The van der Waals surface area contributed by atoms with Gasteiger partial charge in [0.15, 0.2) is 0 Å². The number of rotatable bonds is 5. The lowest BCUT2D eigenvalue weighted by molar-refractivity contribution is -0.122. The quantitative estimate of drug-likeness (QED) is 0.834. The molecule has 1 aromatic rings. The lowest BCUT2D eigenvalue weighted by atomic mass is 9.78. The molecule has 0 bridgehead atoms. The summed E-state index contributed by atoms with van der Waals surface area (Å²) < 4.78 is 0. The minimum absolute atomic E-state index is 0.0272. The van der Waals surface area contributed by atoms with Crippen molar-refractivity contribution in [2.45, 2.75) is 71.8 Å². The second kappa shape index (κ2) is 8.70. The molecule has 144 valence electrons. The number of amides is 2. The van der Waals surface area contributed by atoms with Crippen LogP contribution >= 0.6 is 0 Å². The minimum Gasteiger partial charge on any atom is -0.353 e. The summed E-state index contributed by atoms with van der Waals surface area (Å²) in [5.41, 5.74) is 1.90. The van der Waals surface area contributed by atoms with E-state index in [0.717, 1.165) is 6.42 Å². The summed E-state index contributed by atoms with van der Waals surface area (Å²) in [6, 6.07) is 7.95. The molecule has 26 heavy (non-hydrogen) atoms. The van der Waals surface area contributed by atoms with E-state index in [9.17, 15) is 9.59 Å². The van der Waals surface area contributed by atoms with Gasteiger partial charge in [-0.2, -0.15) is 0 Å². The number of hydrogen-bond acceptors (Lipinski definition) is 2. The minimum atomic E-state index is -0.127. The molecule has 0 aromatic heterocycles. The van der Waals surface area contributed by atoms with Crippen LogP contribution in [-0.4, -0.2) is 24.4 Å². The van der Waals surface area contributed by atoms with Crippen LogP contribution in [0.25, 0.3) is 0 Å². The van der Waals surface area contributed by atoms with Crippen LogP contribution in [-0.2, 0) is 10.2 Å². The van der Waals surface area contributed by atoms with Gasteiger partial charge >= 0.3 is 0 Å². The molecule has 1 aliphatic carbocycles. The van der Waals surface area contributed by atoms with E-state index in [-0.39, 0.29) is 23.3 Å². The van der Waals surface area contributed by atoms with Crippen molar-refractivity contribution in [1.82, 2.24) is 10.6 Å². The molecule has 0 radical (unpaired) electrons. The number of benzene rings is 1. The van der Waals surface area contributed by atoms with Gasteiger partial charge in [0.05, 0.1) is 0 Å². The predicted octanol–water partition coefficient (Wildman–Crippen LogP) is 4.04. The monoisotopic (exact) mass is 358 g/mol. The van der Waals surface area contributed by atoms with E-state index in [4.69, 9.17) is 0 Å². The molecule has 0 heterocycles. The van der Waals surface area contributed by atoms with Crippen LogP contribution in [0.3, 0.4) is 0 Å². The van der Waals surface area contributed by atoms with Crippen molar-refractivity contribution in [3.63, 3.8) is 0 Å². The first kappa shape index (κ1) is 20.5. The summed E-state index contributed by atoms with van der Waals surface area (Å²) in [5, 5.41) is 5.99. The third-order valence-corrected chi connectivity index (χ3v) is 5.70. The van der Waals surface area contributed by atoms with Crippen LogP contribution in [0.5, 0.6) is 0 Å². The van der Waals surface area contributed by atoms with Gasteiger partial charge in [0.1, 0.15) is 0 Å². The van der Waals surface area contributed by atoms with Crippen molar-refractivity contribution < 1.29 is 9.59 Å². The van der Waals surface area contributed by atoms with Gasteiger partial charge in [0.2, 0.25) is 5.91 Å². The highest BCUT2D eigenvalue weighted by molar-refractivity contribution is 5.94. The Morgan fingerprint density at radius 2 is 1.73 bits per heavy atom. The maximum atomic E-state index is 12.2. The SMILES string of the molecule is C[C@@H]1[C@H](C)CCC[C@H]1NC(=O)CCNC(=O)c1ccc(C(C)(C)C)cc1. The Labute approximate surface area is 158 Å². The first-order chi connectivity index (χ1) is 12.2. The molecular weight excluding hydrogens is 324 g/mol. The molecule has 1 aliphatic rings. The van der Waals surface area contributed by atoms with E-state index >= 15 is 0 Å². The van der Waals surface area contributed by atoms with Crippen molar-refractivity contribution >= 4 is 11.8 Å². The Morgan fingerprint density at radius 1 is 1.08 bits per heavy atom. The molecule has 1 fully saturated rings. The summed E-state index contributed by atoms with van der Waals surface area (Å²) in [5.74, 6) is 1.07. The second-order valence-electron chi connectivity index (χ2n) is 8.77. The van der Waals surface area contributed by atoms with Gasteiger partial charge in [-0.15, -0.1) is 0 Å². The molecule has 3 atom stereocenters. The number of carbonyl (C=O) groups is 2. The standard InChI is InChI=1S/C22H34N2O2/c1-15-7-6-8-19(16(15)2)24-20(25)13-14-23-21(26)17-9-11-18(12-10-17)22(3,4)5/h9-12,15-16,19H,6-8,13-14H2,1-5H3,(H,23,26)(H,24,25)/t15-,16-,19-/m1/s1. The Bertz CT molecular complexity index is 616. The second-order valence-corrected chi connectivity index (χ2v) is 8.77. The average molecular weight is 359 g/mol. The van der Waals surface area contributed by atoms with Gasteiger partial charge in [0.25, 0.3) is 5.91 Å². The zero-order valence-corrected chi connectivity index (χ0v) is 16.9. The topological polar surface area (TPSA) is 58.2 Å². The lowest BCUT2D eigenvalue weighted by Crippen LogP contribution is -2.44. The van der Waals surface area contributed by atoms with Crippen molar-refractivity contribution in [1.29, 1.82) is 0 Å². The van der Waals surface area contributed by atoms with Crippen molar-refractivity contribution in [3.05, 3.63) is 35.4 Å². The molecule has 2 rings (SSSR count). The van der Waals surface area contributed by atoms with Crippen LogP contribution < -0.4 is 10.6 Å². The molecule has 2 amide bonds. The Kier molecular flexibility index (Phi) is 6.85. The third kappa shape index (κ3) is 5.58. The van der Waals surface area contributed by atoms with Crippen LogP contribution in [0.4, 0.5) is 0 Å². The van der Waals surface area contributed by atoms with E-state index in [1.807, 2.05) is 24.3 Å². The largest absolute Gasteiger partial charge is 0.353 e. The van der Waals surface area contributed by atoms with E-state index in [0.29, 0.717) is 30.4 Å². The summed E-state index contributed by atoms with van der Waals surface area (Å²) in [4.78, 5) is 24.4. The highest BCUT2D eigenvalue weighted by atomic mass is 16.2. The Balaban J connectivity index is 1.76. The van der Waals surface area contributed by atoms with Crippen molar-refractivity contribution in [3.8, 4) is 0 Å². The lowest BCUT2D eigenvalue weighted by Gasteiger charge is -2.34. The van der Waals surface area contributed by atoms with E-state index in [2.05, 4.69) is 45.3 Å². The van der Waals surface area contributed by atoms with E-state index in [1.54, 1.807) is 0 Å². The van der Waals surface area contributed by atoms with Gasteiger partial charge in [-0.05, 0) is 41.4 Å². The van der Waals surface area contributed by atoms with Gasteiger partial charge in [-0.3, -0.25) is 9.59 Å². The van der Waals surface area contributed by atoms with Gasteiger partial charge in [-0.25, -0.2) is 0 Å². The summed E-state index contributed by atoms with van der Waals surface area (Å²) in [6.45, 7) is 11.3. The zero-order valence-electron chi connectivity index (χ0n) is 16.9. The number of hydrogen-bond donors (Lipinski definition) is 2. The molecule has 0 unspecified atom stereocenters. The number of nitrogens with one attached hydrogen (secondary N) is 2. The molecular formula is C22H34N2O2. The van der Waals surface area contributed by atoms with Gasteiger partial charge < -0.3 is 10.6 Å². The van der Waals surface area contributed by atoms with Crippen LogP contribution in [0, 0.1) is 11.8 Å². The molecule has 1 aromatic carbocycles. The highest BCUT2D eigenvalue weighted by Crippen LogP contribution is 2.29. The Morgan fingerprint density at radius 3 is 2.35 bits per heavy atom.